The molecule has 90 valence electrons. The van der Waals surface area contributed by atoms with E-state index in [0.29, 0.717) is 0 Å². The molecule has 0 amide bonds. The van der Waals surface area contributed by atoms with Crippen molar-refractivity contribution in [2.24, 2.45) is 0 Å². The van der Waals surface area contributed by atoms with Crippen LogP contribution in [0.2, 0.25) is 0 Å². The Morgan fingerprint density at radius 1 is 0.875 bits per heavy atom. The summed E-state index contributed by atoms with van der Waals surface area (Å²) in [7, 11) is 0. The first kappa shape index (κ1) is 14.7. The Labute approximate surface area is 102 Å². The van der Waals surface area contributed by atoms with Crippen molar-refractivity contribution in [3.63, 3.8) is 0 Å². The van der Waals surface area contributed by atoms with Crippen molar-refractivity contribution in [1.82, 2.24) is 0 Å². The number of hydrogen-bond donors (Lipinski definition) is 0. The summed E-state index contributed by atoms with van der Waals surface area (Å²) in [5, 5.41) is 2.68. The molecule has 2 rings (SSSR count). The van der Waals surface area contributed by atoms with Crippen LogP contribution in [0, 0.1) is 6.92 Å². The van der Waals surface area contributed by atoms with Gasteiger partial charge in [0.05, 0.1) is 0 Å². The van der Waals surface area contributed by atoms with Crippen molar-refractivity contribution < 1.29 is 1.43 Å². The molecule has 0 aliphatic heterocycles. The molecule has 0 spiro atoms. The second-order valence-electron chi connectivity index (χ2n) is 3.50. The molecule has 0 bridgehead atoms. The molecule has 0 aliphatic carbocycles. The maximum atomic E-state index is 2.16. The Morgan fingerprint density at radius 2 is 1.38 bits per heavy atom. The summed E-state index contributed by atoms with van der Waals surface area (Å²) >= 11 is 0. The summed E-state index contributed by atoms with van der Waals surface area (Å²) in [4.78, 5) is 0. The SMILES string of the molecule is CC.CCC.Cc1cccc2ccccc12.[HH]. The number of rotatable bonds is 0. The van der Waals surface area contributed by atoms with Gasteiger partial charge in [0.2, 0.25) is 0 Å². The number of aryl methyl sites for hydroxylation is 1. The smallest absolute Gasteiger partial charge is 0 e. The molecular weight excluding hydrogens is 192 g/mol. The lowest BCUT2D eigenvalue weighted by atomic mass is 10.1. The molecule has 0 nitrogen and oxygen atoms in total. The molecule has 0 heteroatoms. The Bertz CT molecular complexity index is 388. The molecule has 0 fully saturated rings. The molecule has 0 saturated heterocycles. The summed E-state index contributed by atoms with van der Waals surface area (Å²) in [6, 6.07) is 14.8. The van der Waals surface area contributed by atoms with Crippen LogP contribution < -0.4 is 0 Å². The van der Waals surface area contributed by atoms with Gasteiger partial charge < -0.3 is 0 Å². The van der Waals surface area contributed by atoms with Crippen molar-refractivity contribution in [3.05, 3.63) is 48.0 Å². The lowest BCUT2D eigenvalue weighted by Gasteiger charge is -1.98. The average Bonchev–Trinajstić information content (AvgIpc) is 2.33. The Balaban J connectivity index is 0. The fraction of sp³-hybridized carbons (Fsp3) is 0.375. The quantitative estimate of drug-likeness (QED) is 0.521. The van der Waals surface area contributed by atoms with E-state index < -0.39 is 0 Å². The van der Waals surface area contributed by atoms with E-state index in [1.807, 2.05) is 13.8 Å². The van der Waals surface area contributed by atoms with Gasteiger partial charge in [0, 0.05) is 1.43 Å². The Hall–Kier alpha value is -1.30. The van der Waals surface area contributed by atoms with Gasteiger partial charge in [0.15, 0.2) is 0 Å². The lowest BCUT2D eigenvalue weighted by Crippen LogP contribution is -1.75. The molecule has 0 saturated carbocycles. The Morgan fingerprint density at radius 3 is 1.94 bits per heavy atom. The second-order valence-corrected chi connectivity index (χ2v) is 3.50. The largest absolute Gasteiger partial charge is 0.0683 e. The van der Waals surface area contributed by atoms with Crippen molar-refractivity contribution in [1.29, 1.82) is 0 Å². The predicted octanol–water partition coefficient (Wildman–Crippen LogP) is 5.84. The fourth-order valence-electron chi connectivity index (χ4n) is 1.39. The summed E-state index contributed by atoms with van der Waals surface area (Å²) in [6.45, 7) is 10.4. The molecule has 0 aromatic heterocycles. The van der Waals surface area contributed by atoms with Gasteiger partial charge in [0.1, 0.15) is 0 Å². The summed E-state index contributed by atoms with van der Waals surface area (Å²) in [6.07, 6.45) is 1.25. The van der Waals surface area contributed by atoms with Gasteiger partial charge in [-0.15, -0.1) is 0 Å². The summed E-state index contributed by atoms with van der Waals surface area (Å²) < 4.78 is 0. The summed E-state index contributed by atoms with van der Waals surface area (Å²) in [5.41, 5.74) is 1.35. The van der Waals surface area contributed by atoms with Crippen LogP contribution in [-0.2, 0) is 0 Å². The second kappa shape index (κ2) is 8.96. The lowest BCUT2D eigenvalue weighted by molar-refractivity contribution is 1.09. The predicted molar refractivity (Wildman–Crippen MR) is 78.1 cm³/mol. The third kappa shape index (κ3) is 4.48. The molecule has 2 aromatic carbocycles. The minimum absolute atomic E-state index is 0. The third-order valence-electron chi connectivity index (χ3n) is 2.01. The molecule has 0 N–H and O–H groups in total. The standard InChI is InChI=1S/C11H10.C3H8.C2H6.H2/c1-9-5-4-7-10-6-2-3-8-11(9)10;1-3-2;1-2;/h2-8H,1H3;3H2,1-2H3;1-2H3;1H. The van der Waals surface area contributed by atoms with E-state index in [4.69, 9.17) is 0 Å². The maximum absolute atomic E-state index is 2.16. The molecule has 2 aromatic rings. The first-order valence-electron chi connectivity index (χ1n) is 6.24. The number of fused-ring (bicyclic) bond motifs is 1. The van der Waals surface area contributed by atoms with E-state index in [1.54, 1.807) is 0 Å². The highest BCUT2D eigenvalue weighted by Gasteiger charge is 1.92. The van der Waals surface area contributed by atoms with Crippen LogP contribution in [0.5, 0.6) is 0 Å². The van der Waals surface area contributed by atoms with Crippen molar-refractivity contribution in [2.75, 3.05) is 0 Å². The van der Waals surface area contributed by atoms with E-state index in [2.05, 4.69) is 63.2 Å². The van der Waals surface area contributed by atoms with Crippen molar-refractivity contribution in [2.45, 2.75) is 41.0 Å². The van der Waals surface area contributed by atoms with Crippen LogP contribution in [0.25, 0.3) is 10.8 Å². The Kier molecular flexibility index (Phi) is 8.24. The van der Waals surface area contributed by atoms with Crippen LogP contribution in [0.15, 0.2) is 42.5 Å². The third-order valence-corrected chi connectivity index (χ3v) is 2.01. The highest BCUT2D eigenvalue weighted by Crippen LogP contribution is 2.16. The number of benzene rings is 2. The minimum atomic E-state index is 0. The minimum Gasteiger partial charge on any atom is -0.0683 e. The fourth-order valence-corrected chi connectivity index (χ4v) is 1.39. The highest BCUT2D eigenvalue weighted by molar-refractivity contribution is 5.85. The summed E-state index contributed by atoms with van der Waals surface area (Å²) in [5.74, 6) is 0. The topological polar surface area (TPSA) is 0 Å². The van der Waals surface area contributed by atoms with Crippen LogP contribution >= 0.6 is 0 Å². The molecule has 0 atom stereocenters. The van der Waals surface area contributed by atoms with Gasteiger partial charge in [-0.1, -0.05) is 76.6 Å². The van der Waals surface area contributed by atoms with E-state index in [0.717, 1.165) is 0 Å². The van der Waals surface area contributed by atoms with Crippen molar-refractivity contribution >= 4 is 10.8 Å². The average molecular weight is 218 g/mol. The zero-order chi connectivity index (χ0) is 12.4. The molecule has 0 aliphatic rings. The van der Waals surface area contributed by atoms with E-state index in [-0.39, 0.29) is 1.43 Å². The van der Waals surface area contributed by atoms with Crippen LogP contribution in [0.3, 0.4) is 0 Å². The molecule has 0 radical (unpaired) electrons. The molecular formula is C16H26. The molecule has 16 heavy (non-hydrogen) atoms. The number of hydrogen-bond acceptors (Lipinski definition) is 0. The van der Waals surface area contributed by atoms with Gasteiger partial charge in [-0.25, -0.2) is 0 Å². The van der Waals surface area contributed by atoms with Gasteiger partial charge in [-0.05, 0) is 23.3 Å². The molecule has 0 heterocycles. The van der Waals surface area contributed by atoms with Gasteiger partial charge in [-0.2, -0.15) is 0 Å². The van der Waals surface area contributed by atoms with Gasteiger partial charge in [0.25, 0.3) is 0 Å². The van der Waals surface area contributed by atoms with E-state index in [1.165, 1.54) is 22.8 Å². The zero-order valence-electron chi connectivity index (χ0n) is 11.2. The van der Waals surface area contributed by atoms with E-state index >= 15 is 0 Å². The van der Waals surface area contributed by atoms with Gasteiger partial charge in [-0.3, -0.25) is 0 Å². The zero-order valence-corrected chi connectivity index (χ0v) is 11.2. The molecule has 0 unspecified atom stereocenters. The monoisotopic (exact) mass is 218 g/mol. The first-order valence-corrected chi connectivity index (χ1v) is 6.24. The van der Waals surface area contributed by atoms with Gasteiger partial charge >= 0.3 is 0 Å². The van der Waals surface area contributed by atoms with E-state index in [9.17, 15) is 0 Å². The maximum Gasteiger partial charge on any atom is 0 e. The highest BCUT2D eigenvalue weighted by atomic mass is 14.0. The van der Waals surface area contributed by atoms with Crippen LogP contribution in [0.1, 0.15) is 41.1 Å². The van der Waals surface area contributed by atoms with Crippen LogP contribution in [0.4, 0.5) is 0 Å². The van der Waals surface area contributed by atoms with Crippen LogP contribution in [-0.4, -0.2) is 0 Å². The normalized spacial score (nSPS) is 8.56. The first-order chi connectivity index (χ1) is 7.79. The van der Waals surface area contributed by atoms with Crippen molar-refractivity contribution in [3.8, 4) is 0 Å².